The maximum absolute atomic E-state index is 5.78. The van der Waals surface area contributed by atoms with E-state index in [0.717, 1.165) is 23.7 Å². The number of hydrogen-bond acceptors (Lipinski definition) is 5. The molecule has 0 aliphatic carbocycles. The van der Waals surface area contributed by atoms with Gasteiger partial charge in [0.15, 0.2) is 0 Å². The van der Waals surface area contributed by atoms with Gasteiger partial charge in [-0.2, -0.15) is 0 Å². The van der Waals surface area contributed by atoms with Crippen LogP contribution in [0.5, 0.6) is 0 Å². The molecule has 0 radical (unpaired) electrons. The molecule has 0 N–H and O–H groups in total. The van der Waals surface area contributed by atoms with E-state index < -0.39 is 0 Å². The lowest BCUT2D eigenvalue weighted by molar-refractivity contribution is -0.00537. The SMILES string of the molecule is Cc1csc2ncnc(N3C[C@H](C)O[C@@H](C)C3)c12. The minimum atomic E-state index is 0.248. The molecule has 2 atom stereocenters. The minimum Gasteiger partial charge on any atom is -0.372 e. The van der Waals surface area contributed by atoms with Crippen molar-refractivity contribution in [3.8, 4) is 0 Å². The monoisotopic (exact) mass is 263 g/mol. The van der Waals surface area contributed by atoms with Crippen molar-refractivity contribution in [3.05, 3.63) is 17.3 Å². The third-order valence-corrected chi connectivity index (χ3v) is 4.26. The van der Waals surface area contributed by atoms with Gasteiger partial charge in [-0.1, -0.05) is 0 Å². The second-order valence-corrected chi connectivity index (χ2v) is 5.82. The van der Waals surface area contributed by atoms with Crippen LogP contribution in [0.3, 0.4) is 0 Å². The van der Waals surface area contributed by atoms with Crippen LogP contribution in [0.4, 0.5) is 5.82 Å². The predicted molar refractivity (Wildman–Crippen MR) is 74.4 cm³/mol. The van der Waals surface area contributed by atoms with Gasteiger partial charge in [-0.15, -0.1) is 11.3 Å². The average Bonchev–Trinajstić information content (AvgIpc) is 2.70. The first kappa shape index (κ1) is 11.9. The molecule has 0 spiro atoms. The van der Waals surface area contributed by atoms with Gasteiger partial charge in [0.1, 0.15) is 17.0 Å². The van der Waals surface area contributed by atoms with Crippen molar-refractivity contribution in [3.63, 3.8) is 0 Å². The molecule has 1 aliphatic heterocycles. The third kappa shape index (κ3) is 1.97. The van der Waals surface area contributed by atoms with Gasteiger partial charge < -0.3 is 9.64 Å². The first-order valence-corrected chi connectivity index (χ1v) is 7.12. The summed E-state index contributed by atoms with van der Waals surface area (Å²) < 4.78 is 5.78. The molecule has 0 unspecified atom stereocenters. The average molecular weight is 263 g/mol. The molecule has 0 amide bonds. The summed E-state index contributed by atoms with van der Waals surface area (Å²) in [5.74, 6) is 1.06. The summed E-state index contributed by atoms with van der Waals surface area (Å²) in [6.45, 7) is 8.14. The van der Waals surface area contributed by atoms with E-state index in [1.807, 2.05) is 0 Å². The first-order chi connectivity index (χ1) is 8.65. The van der Waals surface area contributed by atoms with Crippen molar-refractivity contribution in [2.24, 2.45) is 0 Å². The Hall–Kier alpha value is -1.20. The molecule has 0 aromatic carbocycles. The van der Waals surface area contributed by atoms with Crippen molar-refractivity contribution in [2.75, 3.05) is 18.0 Å². The highest BCUT2D eigenvalue weighted by atomic mass is 32.1. The highest BCUT2D eigenvalue weighted by molar-refractivity contribution is 7.17. The van der Waals surface area contributed by atoms with Crippen LogP contribution in [0.15, 0.2) is 11.7 Å². The van der Waals surface area contributed by atoms with Gasteiger partial charge in [0.05, 0.1) is 17.6 Å². The lowest BCUT2D eigenvalue weighted by Crippen LogP contribution is -2.45. The molecule has 2 aromatic rings. The summed E-state index contributed by atoms with van der Waals surface area (Å²) in [5.41, 5.74) is 1.26. The fourth-order valence-corrected chi connectivity index (χ4v) is 3.47. The van der Waals surface area contributed by atoms with Crippen LogP contribution in [0, 0.1) is 6.92 Å². The van der Waals surface area contributed by atoms with E-state index in [4.69, 9.17) is 4.74 Å². The molecule has 18 heavy (non-hydrogen) atoms. The Morgan fingerprint density at radius 2 is 2.00 bits per heavy atom. The van der Waals surface area contributed by atoms with Crippen molar-refractivity contribution >= 4 is 27.4 Å². The lowest BCUT2D eigenvalue weighted by Gasteiger charge is -2.36. The van der Waals surface area contributed by atoms with Gasteiger partial charge in [0.2, 0.25) is 0 Å². The zero-order valence-corrected chi connectivity index (χ0v) is 11.7. The quantitative estimate of drug-likeness (QED) is 0.792. The van der Waals surface area contributed by atoms with Crippen LogP contribution < -0.4 is 4.90 Å². The van der Waals surface area contributed by atoms with Crippen LogP contribution in [0.25, 0.3) is 10.2 Å². The predicted octanol–water partition coefficient (Wildman–Crippen LogP) is 2.61. The number of fused-ring (bicyclic) bond motifs is 1. The normalized spacial score (nSPS) is 24.7. The van der Waals surface area contributed by atoms with E-state index in [1.165, 1.54) is 10.9 Å². The van der Waals surface area contributed by atoms with Crippen LogP contribution in [-0.2, 0) is 4.74 Å². The molecule has 3 heterocycles. The Balaban J connectivity index is 2.05. The number of anilines is 1. The van der Waals surface area contributed by atoms with Crippen LogP contribution in [0.2, 0.25) is 0 Å². The molecule has 0 bridgehead atoms. The molecule has 4 nitrogen and oxygen atoms in total. The van der Waals surface area contributed by atoms with Crippen LogP contribution in [0.1, 0.15) is 19.4 Å². The van der Waals surface area contributed by atoms with Gasteiger partial charge in [-0.05, 0) is 31.7 Å². The molecule has 96 valence electrons. The van der Waals surface area contributed by atoms with Gasteiger partial charge in [-0.25, -0.2) is 9.97 Å². The van der Waals surface area contributed by atoms with Crippen molar-refractivity contribution < 1.29 is 4.74 Å². The van der Waals surface area contributed by atoms with Crippen molar-refractivity contribution in [2.45, 2.75) is 33.0 Å². The Morgan fingerprint density at radius 3 is 2.72 bits per heavy atom. The van der Waals surface area contributed by atoms with E-state index in [0.29, 0.717) is 0 Å². The maximum atomic E-state index is 5.78. The number of thiophene rings is 1. The lowest BCUT2D eigenvalue weighted by atomic mass is 10.2. The number of morpholine rings is 1. The van der Waals surface area contributed by atoms with Gasteiger partial charge in [0, 0.05) is 13.1 Å². The number of nitrogens with zero attached hydrogens (tertiary/aromatic N) is 3. The fraction of sp³-hybridized carbons (Fsp3) is 0.538. The zero-order valence-electron chi connectivity index (χ0n) is 10.9. The Morgan fingerprint density at radius 1 is 1.28 bits per heavy atom. The number of rotatable bonds is 1. The summed E-state index contributed by atoms with van der Waals surface area (Å²) in [4.78, 5) is 12.2. The molecule has 1 fully saturated rings. The molecule has 2 aromatic heterocycles. The molecular weight excluding hydrogens is 246 g/mol. The summed E-state index contributed by atoms with van der Waals surface area (Å²) in [6, 6.07) is 0. The van der Waals surface area contributed by atoms with Gasteiger partial charge in [0.25, 0.3) is 0 Å². The Labute approximate surface area is 111 Å². The largest absolute Gasteiger partial charge is 0.372 e. The number of hydrogen-bond donors (Lipinski definition) is 0. The molecule has 0 saturated carbocycles. The van der Waals surface area contributed by atoms with E-state index >= 15 is 0 Å². The Bertz CT molecular complexity index is 558. The zero-order chi connectivity index (χ0) is 12.7. The molecule has 5 heteroatoms. The summed E-state index contributed by atoms with van der Waals surface area (Å²) in [5, 5.41) is 3.35. The first-order valence-electron chi connectivity index (χ1n) is 6.24. The fourth-order valence-electron chi connectivity index (χ4n) is 2.59. The van der Waals surface area contributed by atoms with Crippen molar-refractivity contribution in [1.82, 2.24) is 9.97 Å². The van der Waals surface area contributed by atoms with E-state index in [-0.39, 0.29) is 12.2 Å². The molecular formula is C13H17N3OS. The number of aryl methyl sites for hydroxylation is 1. The topological polar surface area (TPSA) is 38.2 Å². The number of ether oxygens (including phenoxy) is 1. The van der Waals surface area contributed by atoms with Crippen LogP contribution >= 0.6 is 11.3 Å². The second-order valence-electron chi connectivity index (χ2n) is 4.96. The third-order valence-electron chi connectivity index (χ3n) is 3.25. The van der Waals surface area contributed by atoms with E-state index in [2.05, 4.69) is 41.0 Å². The smallest absolute Gasteiger partial charge is 0.141 e. The molecule has 1 aliphatic rings. The van der Waals surface area contributed by atoms with Gasteiger partial charge in [-0.3, -0.25) is 0 Å². The van der Waals surface area contributed by atoms with E-state index in [9.17, 15) is 0 Å². The highest BCUT2D eigenvalue weighted by Gasteiger charge is 2.25. The van der Waals surface area contributed by atoms with Crippen molar-refractivity contribution in [1.29, 1.82) is 0 Å². The van der Waals surface area contributed by atoms with Crippen LogP contribution in [-0.4, -0.2) is 35.3 Å². The summed E-state index contributed by atoms with van der Waals surface area (Å²) in [6.07, 6.45) is 2.16. The van der Waals surface area contributed by atoms with Gasteiger partial charge >= 0.3 is 0 Å². The molecule has 1 saturated heterocycles. The second kappa shape index (κ2) is 4.48. The standard InChI is InChI=1S/C13H17N3OS/c1-8-6-18-13-11(8)12(14-7-15-13)16-4-9(2)17-10(3)5-16/h6-7,9-10H,4-5H2,1-3H3/t9-,10-/m0/s1. The number of aromatic nitrogens is 2. The summed E-state index contributed by atoms with van der Waals surface area (Å²) >= 11 is 1.68. The maximum Gasteiger partial charge on any atom is 0.141 e. The molecule has 3 rings (SSSR count). The van der Waals surface area contributed by atoms with E-state index in [1.54, 1.807) is 17.7 Å². The Kier molecular flexibility index (Phi) is 2.95. The minimum absolute atomic E-state index is 0.248. The summed E-state index contributed by atoms with van der Waals surface area (Å²) in [7, 11) is 0. The highest BCUT2D eigenvalue weighted by Crippen LogP contribution is 2.31.